The van der Waals surface area contributed by atoms with E-state index >= 15 is 0 Å². The zero-order chi connectivity index (χ0) is 15.0. The lowest BCUT2D eigenvalue weighted by Gasteiger charge is -2.39. The second-order valence-electron chi connectivity index (χ2n) is 7.07. The first kappa shape index (κ1) is 14.8. The molecule has 2 N–H and O–H groups in total. The number of rotatable bonds is 3. The Bertz CT molecular complexity index is 515. The molecule has 116 valence electrons. The second-order valence-corrected chi connectivity index (χ2v) is 7.07. The molecule has 4 heteroatoms. The molecule has 0 saturated carbocycles. The summed E-state index contributed by atoms with van der Waals surface area (Å²) in [4.78, 5) is 4.87. The van der Waals surface area contributed by atoms with E-state index in [-0.39, 0.29) is 5.60 Å². The van der Waals surface area contributed by atoms with E-state index < -0.39 is 0 Å². The average Bonchev–Trinajstić information content (AvgIpc) is 2.75. The molecule has 1 saturated heterocycles. The van der Waals surface area contributed by atoms with Gasteiger partial charge in [0, 0.05) is 50.7 Å². The van der Waals surface area contributed by atoms with Crippen LogP contribution < -0.4 is 10.5 Å². The van der Waals surface area contributed by atoms with Crippen molar-refractivity contribution < 1.29 is 4.74 Å². The molecule has 2 heterocycles. The molecule has 3 rings (SSSR count). The van der Waals surface area contributed by atoms with Crippen LogP contribution in [0.5, 0.6) is 5.75 Å². The van der Waals surface area contributed by atoms with Gasteiger partial charge in [0.1, 0.15) is 11.4 Å². The first-order valence-corrected chi connectivity index (χ1v) is 7.91. The SMILES string of the molecule is CN1CCN(Cc2cccc3c2OC(C)(C)C3)C(CN)C1. The number of fused-ring (bicyclic) bond motifs is 1. The fraction of sp³-hybridized carbons (Fsp3) is 0.647. The number of benzene rings is 1. The van der Waals surface area contributed by atoms with Crippen LogP contribution in [0.1, 0.15) is 25.0 Å². The zero-order valence-electron chi connectivity index (χ0n) is 13.4. The van der Waals surface area contributed by atoms with Gasteiger partial charge in [-0.05, 0) is 26.5 Å². The lowest BCUT2D eigenvalue weighted by molar-refractivity contribution is 0.0850. The van der Waals surface area contributed by atoms with Gasteiger partial charge in [0.2, 0.25) is 0 Å². The Morgan fingerprint density at radius 2 is 2.14 bits per heavy atom. The first-order valence-electron chi connectivity index (χ1n) is 7.91. The predicted molar refractivity (Wildman–Crippen MR) is 85.6 cm³/mol. The van der Waals surface area contributed by atoms with Crippen LogP contribution in [0.15, 0.2) is 18.2 Å². The van der Waals surface area contributed by atoms with Crippen molar-refractivity contribution in [3.8, 4) is 5.75 Å². The molecule has 0 aliphatic carbocycles. The Morgan fingerprint density at radius 1 is 1.33 bits per heavy atom. The van der Waals surface area contributed by atoms with Crippen LogP contribution in [0.25, 0.3) is 0 Å². The van der Waals surface area contributed by atoms with Crippen LogP contribution in [0.4, 0.5) is 0 Å². The van der Waals surface area contributed by atoms with Crippen molar-refractivity contribution in [2.45, 2.75) is 38.5 Å². The molecule has 0 amide bonds. The summed E-state index contributed by atoms with van der Waals surface area (Å²) < 4.78 is 6.19. The fourth-order valence-electron chi connectivity index (χ4n) is 3.50. The molecule has 1 unspecified atom stereocenters. The highest BCUT2D eigenvalue weighted by atomic mass is 16.5. The minimum Gasteiger partial charge on any atom is -0.487 e. The smallest absolute Gasteiger partial charge is 0.127 e. The molecular weight excluding hydrogens is 262 g/mol. The van der Waals surface area contributed by atoms with Crippen LogP contribution >= 0.6 is 0 Å². The summed E-state index contributed by atoms with van der Waals surface area (Å²) in [6.45, 7) is 9.21. The summed E-state index contributed by atoms with van der Waals surface area (Å²) in [5.41, 5.74) is 8.54. The molecule has 0 spiro atoms. The molecular formula is C17H27N3O. The van der Waals surface area contributed by atoms with E-state index in [4.69, 9.17) is 10.5 Å². The molecule has 1 aromatic carbocycles. The molecule has 1 atom stereocenters. The van der Waals surface area contributed by atoms with Crippen molar-refractivity contribution in [1.29, 1.82) is 0 Å². The van der Waals surface area contributed by atoms with Crippen molar-refractivity contribution in [1.82, 2.24) is 9.80 Å². The maximum atomic E-state index is 6.19. The quantitative estimate of drug-likeness (QED) is 0.915. The van der Waals surface area contributed by atoms with E-state index in [1.807, 2.05) is 0 Å². The molecule has 1 fully saturated rings. The lowest BCUT2D eigenvalue weighted by atomic mass is 10.00. The molecule has 2 aliphatic heterocycles. The molecule has 2 aliphatic rings. The van der Waals surface area contributed by atoms with Gasteiger partial charge in [-0.3, -0.25) is 4.90 Å². The van der Waals surface area contributed by atoms with Crippen LogP contribution in [-0.2, 0) is 13.0 Å². The van der Waals surface area contributed by atoms with Gasteiger partial charge in [0.05, 0.1) is 0 Å². The molecule has 0 aromatic heterocycles. The molecule has 1 aromatic rings. The van der Waals surface area contributed by atoms with Gasteiger partial charge in [-0.1, -0.05) is 18.2 Å². The summed E-state index contributed by atoms with van der Waals surface area (Å²) >= 11 is 0. The molecule has 21 heavy (non-hydrogen) atoms. The number of ether oxygens (including phenoxy) is 1. The lowest BCUT2D eigenvalue weighted by Crippen LogP contribution is -2.54. The van der Waals surface area contributed by atoms with Crippen molar-refractivity contribution in [2.24, 2.45) is 5.73 Å². The van der Waals surface area contributed by atoms with E-state index in [9.17, 15) is 0 Å². The van der Waals surface area contributed by atoms with Gasteiger partial charge in [-0.15, -0.1) is 0 Å². The summed E-state index contributed by atoms with van der Waals surface area (Å²) in [5.74, 6) is 1.11. The van der Waals surface area contributed by atoms with E-state index in [1.54, 1.807) is 0 Å². The molecule has 4 nitrogen and oxygen atoms in total. The van der Waals surface area contributed by atoms with Crippen LogP contribution in [0.2, 0.25) is 0 Å². The molecule has 0 bridgehead atoms. The summed E-state index contributed by atoms with van der Waals surface area (Å²) in [6, 6.07) is 6.99. The number of hydrogen-bond acceptors (Lipinski definition) is 4. The normalized spacial score (nSPS) is 25.6. The number of para-hydroxylation sites is 1. The average molecular weight is 289 g/mol. The third-order valence-electron chi connectivity index (χ3n) is 4.63. The number of hydrogen-bond donors (Lipinski definition) is 1. The van der Waals surface area contributed by atoms with Crippen molar-refractivity contribution >= 4 is 0 Å². The summed E-state index contributed by atoms with van der Waals surface area (Å²) in [6.07, 6.45) is 0.999. The summed E-state index contributed by atoms with van der Waals surface area (Å²) in [7, 11) is 2.17. The van der Waals surface area contributed by atoms with Gasteiger partial charge in [0.15, 0.2) is 0 Å². The van der Waals surface area contributed by atoms with Crippen molar-refractivity contribution in [3.05, 3.63) is 29.3 Å². The minimum atomic E-state index is -0.0756. The topological polar surface area (TPSA) is 41.7 Å². The van der Waals surface area contributed by atoms with Gasteiger partial charge in [-0.25, -0.2) is 0 Å². The van der Waals surface area contributed by atoms with Crippen molar-refractivity contribution in [3.63, 3.8) is 0 Å². The van der Waals surface area contributed by atoms with Crippen LogP contribution in [0, 0.1) is 0 Å². The van der Waals surface area contributed by atoms with Crippen molar-refractivity contribution in [2.75, 3.05) is 33.2 Å². The Labute approximate surface area is 127 Å². The maximum absolute atomic E-state index is 6.19. The van der Waals surface area contributed by atoms with Crippen LogP contribution in [0.3, 0.4) is 0 Å². The highest BCUT2D eigenvalue weighted by Gasteiger charge is 2.32. The Balaban J connectivity index is 1.79. The van der Waals surface area contributed by atoms with E-state index in [0.29, 0.717) is 12.6 Å². The zero-order valence-corrected chi connectivity index (χ0v) is 13.4. The number of likely N-dealkylation sites (N-methyl/N-ethyl adjacent to an activating group) is 1. The van der Waals surface area contributed by atoms with E-state index in [0.717, 1.165) is 38.3 Å². The second kappa shape index (κ2) is 5.59. The predicted octanol–water partition coefficient (Wildman–Crippen LogP) is 1.47. The summed E-state index contributed by atoms with van der Waals surface area (Å²) in [5, 5.41) is 0. The van der Waals surface area contributed by atoms with Gasteiger partial charge < -0.3 is 15.4 Å². The third kappa shape index (κ3) is 3.07. The third-order valence-corrected chi connectivity index (χ3v) is 4.63. The number of nitrogens with two attached hydrogens (primary N) is 1. The largest absolute Gasteiger partial charge is 0.487 e. The highest BCUT2D eigenvalue weighted by molar-refractivity contribution is 5.45. The van der Waals surface area contributed by atoms with Crippen LogP contribution in [-0.4, -0.2) is 54.7 Å². The monoisotopic (exact) mass is 289 g/mol. The Morgan fingerprint density at radius 3 is 2.90 bits per heavy atom. The minimum absolute atomic E-state index is 0.0756. The Kier molecular flexibility index (Phi) is 3.95. The highest BCUT2D eigenvalue weighted by Crippen LogP contribution is 2.38. The number of nitrogens with zero attached hydrogens (tertiary/aromatic N) is 2. The van der Waals surface area contributed by atoms with Gasteiger partial charge in [-0.2, -0.15) is 0 Å². The van der Waals surface area contributed by atoms with Gasteiger partial charge in [0.25, 0.3) is 0 Å². The maximum Gasteiger partial charge on any atom is 0.127 e. The standard InChI is InChI=1S/C17H27N3O/c1-17(2)9-13-5-4-6-14(16(13)21-17)11-20-8-7-19(3)12-15(20)10-18/h4-6,15H,7-12,18H2,1-3H3. The number of piperazine rings is 1. The van der Waals surface area contributed by atoms with E-state index in [1.165, 1.54) is 11.1 Å². The molecule has 0 radical (unpaired) electrons. The van der Waals surface area contributed by atoms with Gasteiger partial charge >= 0.3 is 0 Å². The fourth-order valence-corrected chi connectivity index (χ4v) is 3.50. The Hall–Kier alpha value is -1.10. The van der Waals surface area contributed by atoms with E-state index in [2.05, 4.69) is 48.9 Å². The first-order chi connectivity index (χ1) is 9.98.